The summed E-state index contributed by atoms with van der Waals surface area (Å²) in [4.78, 5) is 31.0. The van der Waals surface area contributed by atoms with Crippen LogP contribution in [0, 0.1) is 5.82 Å². The third-order valence-electron chi connectivity index (χ3n) is 5.31. The number of unbranched alkanes of at least 4 members (excludes halogenated alkanes) is 2. The average molecular weight is 575 g/mol. The molecule has 216 valence electrons. The Balaban J connectivity index is 0.000000389. The fourth-order valence-electron chi connectivity index (χ4n) is 3.23. The van der Waals surface area contributed by atoms with E-state index in [1.54, 1.807) is 17.4 Å². The van der Waals surface area contributed by atoms with Crippen LogP contribution in [0.15, 0.2) is 41.7 Å². The van der Waals surface area contributed by atoms with Crippen LogP contribution in [0.5, 0.6) is 0 Å². The Morgan fingerprint density at radius 1 is 1.00 bits per heavy atom. The first kappa shape index (κ1) is 31.9. The normalized spacial score (nSPS) is 11.7. The van der Waals surface area contributed by atoms with E-state index in [1.807, 2.05) is 11.9 Å². The van der Waals surface area contributed by atoms with Crippen molar-refractivity contribution in [1.29, 1.82) is 0 Å². The van der Waals surface area contributed by atoms with Crippen molar-refractivity contribution in [3.05, 3.63) is 75.3 Å². The van der Waals surface area contributed by atoms with Gasteiger partial charge in [0.25, 0.3) is 5.56 Å². The molecule has 0 amide bonds. The third-order valence-corrected chi connectivity index (χ3v) is 5.31. The number of hydrogen-bond donors (Lipinski definition) is 2. The minimum absolute atomic E-state index is 0.0763. The zero-order valence-electron chi connectivity index (χ0n) is 21.3. The molecule has 0 unspecified atom stereocenters. The first-order valence-corrected chi connectivity index (χ1v) is 11.7. The lowest BCUT2D eigenvalue weighted by atomic mass is 10.0. The monoisotopic (exact) mass is 574 g/mol. The van der Waals surface area contributed by atoms with E-state index in [-0.39, 0.29) is 17.0 Å². The molecule has 0 fully saturated rings. The van der Waals surface area contributed by atoms with Gasteiger partial charge >= 0.3 is 12.4 Å². The maximum absolute atomic E-state index is 14.3. The maximum Gasteiger partial charge on any atom is 0.423 e. The third kappa shape index (κ3) is 8.88. The predicted molar refractivity (Wildman–Crippen MR) is 133 cm³/mol. The SMILES string of the molecule is CCCCCN(C)/C=C\c1cc(-c2ncc(C(F)(F)F)cn2)c(F)cc1C=O.Nc1cn[nH]c(=O)c1C(F)(F)F. The topological polar surface area (TPSA) is 118 Å². The smallest absolute Gasteiger partial charge is 0.397 e. The average Bonchev–Trinajstić information content (AvgIpc) is 2.87. The van der Waals surface area contributed by atoms with E-state index in [2.05, 4.69) is 22.0 Å². The number of nitrogens with zero attached hydrogens (tertiary/aromatic N) is 4. The lowest BCUT2D eigenvalue weighted by molar-refractivity contribution is -0.138. The molecule has 3 rings (SSSR count). The van der Waals surface area contributed by atoms with E-state index < -0.39 is 40.5 Å². The second-order valence-electron chi connectivity index (χ2n) is 8.40. The highest BCUT2D eigenvalue weighted by molar-refractivity contribution is 5.84. The van der Waals surface area contributed by atoms with Gasteiger partial charge in [-0.15, -0.1) is 0 Å². The number of carbonyl (C=O) groups excluding carboxylic acids is 1. The van der Waals surface area contributed by atoms with Gasteiger partial charge in [0, 0.05) is 31.5 Å². The van der Waals surface area contributed by atoms with Gasteiger partial charge in [0.05, 0.1) is 23.0 Å². The van der Waals surface area contributed by atoms with E-state index in [1.165, 1.54) is 6.07 Å². The number of anilines is 1. The predicted octanol–water partition coefficient (Wildman–Crippen LogP) is 5.58. The molecule has 3 N–H and O–H groups in total. The number of halogens is 7. The van der Waals surface area contributed by atoms with Gasteiger partial charge in [0.2, 0.25) is 0 Å². The van der Waals surface area contributed by atoms with Crippen molar-refractivity contribution in [2.24, 2.45) is 0 Å². The summed E-state index contributed by atoms with van der Waals surface area (Å²) in [5, 5.41) is 4.74. The number of benzene rings is 1. The number of aromatic amines is 1. The Morgan fingerprint density at radius 2 is 1.65 bits per heavy atom. The molecule has 0 aliphatic carbocycles. The second-order valence-corrected chi connectivity index (χ2v) is 8.40. The quantitative estimate of drug-likeness (QED) is 0.205. The van der Waals surface area contributed by atoms with E-state index in [9.17, 15) is 40.3 Å². The van der Waals surface area contributed by atoms with Crippen LogP contribution in [0.4, 0.5) is 36.4 Å². The fourth-order valence-corrected chi connectivity index (χ4v) is 3.23. The first-order valence-electron chi connectivity index (χ1n) is 11.7. The van der Waals surface area contributed by atoms with Crippen molar-refractivity contribution in [3.63, 3.8) is 0 Å². The standard InChI is InChI=1S/C20H21F4N3O.C5H4F3N3O/c1-3-4-5-7-27(2)8-6-14-9-17(18(21)10-15(14)13-28)19-25-11-16(12-26-19)20(22,23)24;6-5(7,8)3-2(9)1-10-11-4(3)12/h6,8-13H,3-5,7H2,1-2H3;1H,(H3,9,11,12)/b8-6-;. The number of nitrogen functional groups attached to an aromatic ring is 1. The number of aldehydes is 1. The molecule has 0 bridgehead atoms. The lowest BCUT2D eigenvalue weighted by Gasteiger charge is -2.14. The summed E-state index contributed by atoms with van der Waals surface area (Å²) in [6, 6.07) is 2.39. The molecular formula is C25H25F7N6O2. The number of rotatable bonds is 8. The Bertz CT molecular complexity index is 1370. The number of alkyl halides is 6. The van der Waals surface area contributed by atoms with E-state index in [4.69, 9.17) is 5.73 Å². The van der Waals surface area contributed by atoms with E-state index in [0.717, 1.165) is 38.1 Å². The number of aromatic nitrogens is 4. The van der Waals surface area contributed by atoms with Crippen LogP contribution in [0.1, 0.15) is 53.2 Å². The highest BCUT2D eigenvalue weighted by atomic mass is 19.4. The summed E-state index contributed by atoms with van der Waals surface area (Å²) in [7, 11) is 1.89. The molecule has 0 aliphatic rings. The highest BCUT2D eigenvalue weighted by Gasteiger charge is 2.36. The molecule has 2 aromatic heterocycles. The summed E-state index contributed by atoms with van der Waals surface area (Å²) in [6.07, 6.45) is -0.192. The number of carbonyl (C=O) groups is 1. The number of nitrogens with one attached hydrogen (secondary N) is 1. The van der Waals surface area contributed by atoms with Crippen LogP contribution >= 0.6 is 0 Å². The van der Waals surface area contributed by atoms with Gasteiger partial charge < -0.3 is 10.6 Å². The molecule has 8 nitrogen and oxygen atoms in total. The first-order chi connectivity index (χ1) is 18.7. The molecule has 1 aromatic carbocycles. The molecule has 40 heavy (non-hydrogen) atoms. The summed E-state index contributed by atoms with van der Waals surface area (Å²) in [6.45, 7) is 2.94. The van der Waals surface area contributed by atoms with Crippen molar-refractivity contribution in [1.82, 2.24) is 25.1 Å². The molecule has 2 heterocycles. The highest BCUT2D eigenvalue weighted by Crippen LogP contribution is 2.30. The van der Waals surface area contributed by atoms with Crippen LogP contribution in [0.2, 0.25) is 0 Å². The van der Waals surface area contributed by atoms with Crippen LogP contribution in [0.25, 0.3) is 17.5 Å². The largest absolute Gasteiger partial charge is 0.423 e. The van der Waals surface area contributed by atoms with Gasteiger partial charge in [0.15, 0.2) is 12.1 Å². The summed E-state index contributed by atoms with van der Waals surface area (Å²) in [5.41, 5.74) is 0.958. The Kier molecular flexibility index (Phi) is 10.9. The zero-order chi connectivity index (χ0) is 30.1. The molecule has 0 aliphatic heterocycles. The minimum atomic E-state index is -4.74. The van der Waals surface area contributed by atoms with E-state index >= 15 is 0 Å². The number of hydrogen-bond acceptors (Lipinski definition) is 7. The van der Waals surface area contributed by atoms with Gasteiger partial charge in [-0.2, -0.15) is 31.4 Å². The number of nitrogens with two attached hydrogens (primary N) is 1. The summed E-state index contributed by atoms with van der Waals surface area (Å²) in [5.74, 6) is -0.968. The molecule has 0 spiro atoms. The van der Waals surface area contributed by atoms with Crippen molar-refractivity contribution in [2.75, 3.05) is 19.3 Å². The maximum atomic E-state index is 14.3. The minimum Gasteiger partial charge on any atom is -0.397 e. The van der Waals surface area contributed by atoms with E-state index in [0.29, 0.717) is 24.2 Å². The van der Waals surface area contributed by atoms with Gasteiger partial charge in [0.1, 0.15) is 11.4 Å². The molecular weight excluding hydrogens is 549 g/mol. The molecule has 0 atom stereocenters. The zero-order valence-corrected chi connectivity index (χ0v) is 21.3. The van der Waals surface area contributed by atoms with Crippen molar-refractivity contribution in [2.45, 2.75) is 38.5 Å². The number of H-pyrrole nitrogens is 1. The van der Waals surface area contributed by atoms with Crippen molar-refractivity contribution >= 4 is 18.0 Å². The molecule has 0 saturated carbocycles. The van der Waals surface area contributed by atoms with Gasteiger partial charge in [-0.1, -0.05) is 19.8 Å². The van der Waals surface area contributed by atoms with Crippen LogP contribution in [-0.2, 0) is 12.4 Å². The summed E-state index contributed by atoms with van der Waals surface area (Å²) < 4.78 is 88.2. The van der Waals surface area contributed by atoms with Crippen LogP contribution in [-0.4, -0.2) is 44.9 Å². The van der Waals surface area contributed by atoms with Gasteiger partial charge in [-0.05, 0) is 36.4 Å². The molecule has 0 radical (unpaired) electrons. The Labute approximate surface area is 223 Å². The second kappa shape index (κ2) is 13.7. The molecule has 0 saturated heterocycles. The Morgan fingerprint density at radius 3 is 2.15 bits per heavy atom. The fraction of sp³-hybridized carbons (Fsp3) is 0.320. The van der Waals surface area contributed by atoms with Gasteiger partial charge in [-0.3, -0.25) is 9.59 Å². The van der Waals surface area contributed by atoms with Crippen molar-refractivity contribution < 1.29 is 35.5 Å². The van der Waals surface area contributed by atoms with Crippen LogP contribution in [0.3, 0.4) is 0 Å². The molecule has 3 aromatic rings. The van der Waals surface area contributed by atoms with Crippen molar-refractivity contribution in [3.8, 4) is 11.4 Å². The summed E-state index contributed by atoms with van der Waals surface area (Å²) >= 11 is 0. The Hall–Kier alpha value is -4.30. The lowest BCUT2D eigenvalue weighted by Crippen LogP contribution is -2.24. The molecule has 15 heteroatoms. The van der Waals surface area contributed by atoms with Gasteiger partial charge in [-0.25, -0.2) is 19.5 Å². The van der Waals surface area contributed by atoms with Crippen LogP contribution < -0.4 is 11.3 Å².